The second-order valence-electron chi connectivity index (χ2n) is 4.37. The molecule has 0 atom stereocenters. The van der Waals surface area contributed by atoms with Gasteiger partial charge in [0.1, 0.15) is 0 Å². The van der Waals surface area contributed by atoms with Crippen LogP contribution in [0.3, 0.4) is 0 Å². The number of ketones is 1. The Morgan fingerprint density at radius 1 is 1.06 bits per heavy atom. The molecule has 92 valence electrons. The number of nitrogens with two attached hydrogens (primary N) is 1. The van der Waals surface area contributed by atoms with Gasteiger partial charge >= 0.3 is 0 Å². The van der Waals surface area contributed by atoms with Gasteiger partial charge in [-0.25, -0.2) is 0 Å². The van der Waals surface area contributed by atoms with Crippen LogP contribution in [-0.4, -0.2) is 5.78 Å². The van der Waals surface area contributed by atoms with Crippen LogP contribution in [0.15, 0.2) is 36.4 Å². The normalized spacial score (nSPS) is 10.4. The van der Waals surface area contributed by atoms with Crippen LogP contribution in [0.2, 0.25) is 5.02 Å². The van der Waals surface area contributed by atoms with Gasteiger partial charge in [0.2, 0.25) is 0 Å². The molecule has 0 spiro atoms. The van der Waals surface area contributed by atoms with Crippen molar-refractivity contribution in [3.8, 4) is 0 Å². The molecule has 2 aromatic rings. The summed E-state index contributed by atoms with van der Waals surface area (Å²) >= 11 is 6.04. The predicted molar refractivity (Wildman–Crippen MR) is 75.2 cm³/mol. The third kappa shape index (κ3) is 2.39. The highest BCUT2D eigenvalue weighted by atomic mass is 35.5. The van der Waals surface area contributed by atoms with Crippen molar-refractivity contribution in [1.82, 2.24) is 0 Å². The molecule has 0 amide bonds. The van der Waals surface area contributed by atoms with Gasteiger partial charge in [-0.1, -0.05) is 23.7 Å². The number of hydrogen-bond donors (Lipinski definition) is 1. The zero-order valence-corrected chi connectivity index (χ0v) is 11.1. The van der Waals surface area contributed by atoms with Crippen molar-refractivity contribution >= 4 is 23.1 Å². The lowest BCUT2D eigenvalue weighted by Crippen LogP contribution is -2.04. The molecule has 2 nitrogen and oxygen atoms in total. The van der Waals surface area contributed by atoms with E-state index in [2.05, 4.69) is 0 Å². The van der Waals surface area contributed by atoms with E-state index in [0.717, 1.165) is 11.1 Å². The van der Waals surface area contributed by atoms with Crippen LogP contribution >= 0.6 is 11.6 Å². The van der Waals surface area contributed by atoms with Gasteiger partial charge in [0.15, 0.2) is 5.78 Å². The summed E-state index contributed by atoms with van der Waals surface area (Å²) in [6, 6.07) is 10.6. The molecule has 0 aliphatic heterocycles. The van der Waals surface area contributed by atoms with Crippen LogP contribution < -0.4 is 5.73 Å². The van der Waals surface area contributed by atoms with Gasteiger partial charge in [-0.05, 0) is 49.2 Å². The Hall–Kier alpha value is -1.80. The summed E-state index contributed by atoms with van der Waals surface area (Å²) in [5.74, 6) is -0.101. The molecule has 0 radical (unpaired) electrons. The van der Waals surface area contributed by atoms with E-state index in [-0.39, 0.29) is 5.78 Å². The molecular formula is C15H14ClNO. The van der Waals surface area contributed by atoms with E-state index < -0.39 is 0 Å². The van der Waals surface area contributed by atoms with Crippen molar-refractivity contribution < 1.29 is 4.79 Å². The third-order valence-electron chi connectivity index (χ3n) is 3.00. The van der Waals surface area contributed by atoms with Crippen LogP contribution in [0.5, 0.6) is 0 Å². The highest BCUT2D eigenvalue weighted by Gasteiger charge is 2.13. The number of rotatable bonds is 2. The number of nitrogen functional groups attached to an aromatic ring is 1. The molecule has 2 aromatic carbocycles. The van der Waals surface area contributed by atoms with Crippen LogP contribution in [0.1, 0.15) is 27.0 Å². The number of halogens is 1. The first-order valence-electron chi connectivity index (χ1n) is 5.66. The molecule has 2 N–H and O–H groups in total. The van der Waals surface area contributed by atoms with Gasteiger partial charge in [0.05, 0.1) is 5.02 Å². The fourth-order valence-electron chi connectivity index (χ4n) is 1.76. The van der Waals surface area contributed by atoms with E-state index in [9.17, 15) is 4.79 Å². The van der Waals surface area contributed by atoms with E-state index in [0.29, 0.717) is 21.8 Å². The quantitative estimate of drug-likeness (QED) is 0.659. The Labute approximate surface area is 111 Å². The second-order valence-corrected chi connectivity index (χ2v) is 4.77. The molecule has 0 aliphatic carbocycles. The van der Waals surface area contributed by atoms with Crippen LogP contribution in [0.25, 0.3) is 0 Å². The van der Waals surface area contributed by atoms with E-state index in [1.165, 1.54) is 0 Å². The summed E-state index contributed by atoms with van der Waals surface area (Å²) in [6.45, 7) is 3.99. The maximum Gasteiger partial charge on any atom is 0.194 e. The summed E-state index contributed by atoms with van der Waals surface area (Å²) in [5, 5.41) is 0.424. The van der Waals surface area contributed by atoms with Crippen molar-refractivity contribution in [3.05, 3.63) is 63.7 Å². The molecule has 0 heterocycles. The lowest BCUT2D eigenvalue weighted by Gasteiger charge is -2.07. The predicted octanol–water partition coefficient (Wildman–Crippen LogP) is 3.77. The molecule has 0 aromatic heterocycles. The van der Waals surface area contributed by atoms with Gasteiger partial charge in [-0.15, -0.1) is 0 Å². The maximum absolute atomic E-state index is 12.3. The van der Waals surface area contributed by atoms with Gasteiger partial charge in [0, 0.05) is 16.8 Å². The van der Waals surface area contributed by atoms with E-state index >= 15 is 0 Å². The lowest BCUT2D eigenvalue weighted by atomic mass is 9.99. The van der Waals surface area contributed by atoms with Crippen LogP contribution in [0.4, 0.5) is 5.69 Å². The SMILES string of the molecule is Cc1ccc(C(=O)c2cc(N)ccc2Cl)cc1C. The van der Waals surface area contributed by atoms with Gasteiger partial charge in [-0.3, -0.25) is 4.79 Å². The molecule has 2 rings (SSSR count). The number of benzene rings is 2. The minimum Gasteiger partial charge on any atom is -0.399 e. The standard InChI is InChI=1S/C15H14ClNO/c1-9-3-4-11(7-10(9)2)15(18)13-8-12(17)5-6-14(13)16/h3-8H,17H2,1-2H3. The van der Waals surface area contributed by atoms with Crippen molar-refractivity contribution in [2.45, 2.75) is 13.8 Å². The number of anilines is 1. The molecule has 0 aliphatic rings. The largest absolute Gasteiger partial charge is 0.399 e. The molecule has 0 fully saturated rings. The Balaban J connectivity index is 2.47. The summed E-state index contributed by atoms with van der Waals surface area (Å²) in [5.41, 5.74) is 9.54. The van der Waals surface area contributed by atoms with Crippen LogP contribution in [-0.2, 0) is 0 Å². The molecule has 0 bridgehead atoms. The number of carbonyl (C=O) groups is 1. The first kappa shape index (κ1) is 12.7. The highest BCUT2D eigenvalue weighted by Crippen LogP contribution is 2.23. The van der Waals surface area contributed by atoms with Gasteiger partial charge in [0.25, 0.3) is 0 Å². The maximum atomic E-state index is 12.3. The second kappa shape index (κ2) is 4.83. The molecular weight excluding hydrogens is 246 g/mol. The monoisotopic (exact) mass is 259 g/mol. The average Bonchev–Trinajstić information content (AvgIpc) is 2.35. The number of carbonyl (C=O) groups excluding carboxylic acids is 1. The van der Waals surface area contributed by atoms with Gasteiger partial charge < -0.3 is 5.73 Å². The van der Waals surface area contributed by atoms with Crippen molar-refractivity contribution in [2.24, 2.45) is 0 Å². The van der Waals surface area contributed by atoms with E-state index in [1.54, 1.807) is 18.2 Å². The Kier molecular flexibility index (Phi) is 3.39. The third-order valence-corrected chi connectivity index (χ3v) is 3.33. The fraction of sp³-hybridized carbons (Fsp3) is 0.133. The summed E-state index contributed by atoms with van der Waals surface area (Å²) in [6.07, 6.45) is 0. The number of aryl methyl sites for hydroxylation is 2. The Bertz CT molecular complexity index is 620. The summed E-state index contributed by atoms with van der Waals surface area (Å²) in [7, 11) is 0. The van der Waals surface area contributed by atoms with Crippen molar-refractivity contribution in [1.29, 1.82) is 0 Å². The zero-order valence-electron chi connectivity index (χ0n) is 10.3. The molecule has 18 heavy (non-hydrogen) atoms. The highest BCUT2D eigenvalue weighted by molar-refractivity contribution is 6.35. The lowest BCUT2D eigenvalue weighted by molar-refractivity contribution is 0.103. The fourth-order valence-corrected chi connectivity index (χ4v) is 1.96. The van der Waals surface area contributed by atoms with E-state index in [4.69, 9.17) is 17.3 Å². The van der Waals surface area contributed by atoms with Crippen molar-refractivity contribution in [2.75, 3.05) is 5.73 Å². The first-order chi connectivity index (χ1) is 8.49. The molecule has 3 heteroatoms. The van der Waals surface area contributed by atoms with Crippen LogP contribution in [0, 0.1) is 13.8 Å². The average molecular weight is 260 g/mol. The van der Waals surface area contributed by atoms with Gasteiger partial charge in [-0.2, -0.15) is 0 Å². The minimum absolute atomic E-state index is 0.101. The summed E-state index contributed by atoms with van der Waals surface area (Å²) < 4.78 is 0. The molecule has 0 saturated carbocycles. The minimum atomic E-state index is -0.101. The van der Waals surface area contributed by atoms with Crippen molar-refractivity contribution in [3.63, 3.8) is 0 Å². The first-order valence-corrected chi connectivity index (χ1v) is 6.04. The molecule has 0 saturated heterocycles. The molecule has 0 unspecified atom stereocenters. The topological polar surface area (TPSA) is 43.1 Å². The smallest absolute Gasteiger partial charge is 0.194 e. The Morgan fingerprint density at radius 2 is 1.78 bits per heavy atom. The number of hydrogen-bond acceptors (Lipinski definition) is 2. The Morgan fingerprint density at radius 3 is 2.44 bits per heavy atom. The zero-order chi connectivity index (χ0) is 13.3. The summed E-state index contributed by atoms with van der Waals surface area (Å²) in [4.78, 5) is 12.3. The van der Waals surface area contributed by atoms with E-state index in [1.807, 2.05) is 32.0 Å².